The molecule has 0 aromatic carbocycles. The summed E-state index contributed by atoms with van der Waals surface area (Å²) in [5.41, 5.74) is 0. The van der Waals surface area contributed by atoms with Gasteiger partial charge in [0, 0.05) is 40.0 Å². The topological polar surface area (TPSA) is 84.0 Å². The fourth-order valence-electron chi connectivity index (χ4n) is 1.57. The predicted octanol–water partition coefficient (Wildman–Crippen LogP) is 1.13. The highest BCUT2D eigenvalue weighted by atomic mass is 127. The molecule has 1 amide bonds. The molecule has 0 saturated carbocycles. The number of ether oxygens (including phenoxy) is 2. The Bertz CT molecular complexity index is 304. The van der Waals surface area contributed by atoms with Crippen molar-refractivity contribution < 1.29 is 14.3 Å². The van der Waals surface area contributed by atoms with E-state index in [1.165, 1.54) is 0 Å². The average Bonchev–Trinajstić information content (AvgIpc) is 2.52. The maximum absolute atomic E-state index is 11.6. The molecule has 0 bridgehead atoms. The van der Waals surface area contributed by atoms with Crippen LogP contribution in [0, 0.1) is 0 Å². The molecule has 0 aliphatic heterocycles. The number of nitrogens with one attached hydrogen (secondary N) is 3. The highest BCUT2D eigenvalue weighted by Crippen LogP contribution is 1.89. The molecule has 0 rings (SSSR count). The summed E-state index contributed by atoms with van der Waals surface area (Å²) in [6.45, 7) is 8.34. The molecule has 138 valence electrons. The smallest absolute Gasteiger partial charge is 0.241 e. The fourth-order valence-corrected chi connectivity index (χ4v) is 1.57. The summed E-state index contributed by atoms with van der Waals surface area (Å²) >= 11 is 0. The van der Waals surface area contributed by atoms with Gasteiger partial charge in [-0.25, -0.2) is 4.99 Å². The number of hydrogen-bond acceptors (Lipinski definition) is 4. The van der Waals surface area contributed by atoms with Gasteiger partial charge in [0.25, 0.3) is 0 Å². The summed E-state index contributed by atoms with van der Waals surface area (Å²) in [5, 5.41) is 9.03. The SMILES string of the molecule is CCCCOCCCNC(=NCC(=O)NCCOC)NCC.I. The molecule has 7 nitrogen and oxygen atoms in total. The number of unbranched alkanes of at least 4 members (excludes halogenated alkanes) is 1. The van der Waals surface area contributed by atoms with Crippen molar-refractivity contribution in [1.82, 2.24) is 16.0 Å². The summed E-state index contributed by atoms with van der Waals surface area (Å²) in [7, 11) is 1.60. The molecule has 0 atom stereocenters. The van der Waals surface area contributed by atoms with Crippen molar-refractivity contribution in [2.45, 2.75) is 33.1 Å². The first-order chi connectivity index (χ1) is 10.7. The normalized spacial score (nSPS) is 10.8. The number of hydrogen-bond donors (Lipinski definition) is 3. The Morgan fingerprint density at radius 3 is 2.39 bits per heavy atom. The second kappa shape index (κ2) is 19.4. The van der Waals surface area contributed by atoms with E-state index in [9.17, 15) is 4.79 Å². The summed E-state index contributed by atoms with van der Waals surface area (Å²) in [4.78, 5) is 15.8. The van der Waals surface area contributed by atoms with Gasteiger partial charge >= 0.3 is 0 Å². The number of carbonyl (C=O) groups is 1. The van der Waals surface area contributed by atoms with Crippen LogP contribution in [0.25, 0.3) is 0 Å². The van der Waals surface area contributed by atoms with Gasteiger partial charge < -0.3 is 25.4 Å². The molecule has 0 unspecified atom stereocenters. The van der Waals surface area contributed by atoms with Crippen LogP contribution in [0.4, 0.5) is 0 Å². The van der Waals surface area contributed by atoms with Gasteiger partial charge in [-0.2, -0.15) is 0 Å². The van der Waals surface area contributed by atoms with Gasteiger partial charge in [-0.05, 0) is 19.8 Å². The maximum Gasteiger partial charge on any atom is 0.241 e. The molecule has 3 N–H and O–H groups in total. The van der Waals surface area contributed by atoms with Gasteiger partial charge in [0.2, 0.25) is 5.91 Å². The summed E-state index contributed by atoms with van der Waals surface area (Å²) in [6.07, 6.45) is 3.17. The molecule has 0 aliphatic carbocycles. The lowest BCUT2D eigenvalue weighted by molar-refractivity contribution is -0.119. The van der Waals surface area contributed by atoms with Crippen molar-refractivity contribution in [2.75, 3.05) is 53.1 Å². The third kappa shape index (κ3) is 17.6. The average molecular weight is 444 g/mol. The van der Waals surface area contributed by atoms with Crippen LogP contribution in [0.2, 0.25) is 0 Å². The van der Waals surface area contributed by atoms with Gasteiger partial charge in [-0.1, -0.05) is 13.3 Å². The van der Waals surface area contributed by atoms with Crippen LogP contribution >= 0.6 is 24.0 Å². The van der Waals surface area contributed by atoms with Crippen molar-refractivity contribution in [1.29, 1.82) is 0 Å². The molecule has 0 heterocycles. The molecule has 8 heteroatoms. The van der Waals surface area contributed by atoms with Gasteiger partial charge in [0.15, 0.2) is 5.96 Å². The lowest BCUT2D eigenvalue weighted by atomic mass is 10.4. The van der Waals surface area contributed by atoms with Gasteiger partial charge in [-0.3, -0.25) is 4.79 Å². The minimum atomic E-state index is -0.114. The van der Waals surface area contributed by atoms with E-state index in [0.29, 0.717) is 19.1 Å². The Labute approximate surface area is 157 Å². The lowest BCUT2D eigenvalue weighted by Crippen LogP contribution is -2.39. The van der Waals surface area contributed by atoms with E-state index in [2.05, 4.69) is 27.9 Å². The van der Waals surface area contributed by atoms with Crippen molar-refractivity contribution in [3.05, 3.63) is 0 Å². The van der Waals surface area contributed by atoms with E-state index in [-0.39, 0.29) is 36.4 Å². The molecule has 0 saturated heterocycles. The van der Waals surface area contributed by atoms with E-state index in [1.807, 2.05) is 6.92 Å². The van der Waals surface area contributed by atoms with Gasteiger partial charge in [0.1, 0.15) is 6.54 Å². The largest absolute Gasteiger partial charge is 0.383 e. The Morgan fingerprint density at radius 2 is 1.74 bits per heavy atom. The lowest BCUT2D eigenvalue weighted by Gasteiger charge is -2.11. The minimum Gasteiger partial charge on any atom is -0.383 e. The first kappa shape index (κ1) is 24.6. The number of aliphatic imine (C=N–C) groups is 1. The number of rotatable bonds is 13. The molecule has 0 aliphatic rings. The quantitative estimate of drug-likeness (QED) is 0.172. The number of methoxy groups -OCH3 is 1. The first-order valence-corrected chi connectivity index (χ1v) is 8.10. The summed E-state index contributed by atoms with van der Waals surface area (Å²) in [5.74, 6) is 0.537. The Kier molecular flexibility index (Phi) is 20.8. The summed E-state index contributed by atoms with van der Waals surface area (Å²) in [6, 6.07) is 0. The van der Waals surface area contributed by atoms with Gasteiger partial charge in [-0.15, -0.1) is 24.0 Å². The second-order valence-corrected chi connectivity index (χ2v) is 4.78. The van der Waals surface area contributed by atoms with E-state index in [0.717, 1.165) is 45.6 Å². The van der Waals surface area contributed by atoms with Crippen molar-refractivity contribution >= 4 is 35.8 Å². The van der Waals surface area contributed by atoms with Crippen LogP contribution in [0.1, 0.15) is 33.1 Å². The third-order valence-electron chi connectivity index (χ3n) is 2.75. The number of nitrogens with zero attached hydrogens (tertiary/aromatic N) is 1. The Morgan fingerprint density at radius 1 is 1.00 bits per heavy atom. The molecular weight excluding hydrogens is 411 g/mol. The molecule has 0 radical (unpaired) electrons. The van der Waals surface area contributed by atoms with Crippen LogP contribution in [-0.2, 0) is 14.3 Å². The number of carbonyl (C=O) groups excluding carboxylic acids is 1. The Balaban J connectivity index is 0. The number of guanidine groups is 1. The molecule has 0 aromatic rings. The van der Waals surface area contributed by atoms with Crippen molar-refractivity contribution in [3.8, 4) is 0 Å². The number of halogens is 1. The zero-order chi connectivity index (χ0) is 16.5. The maximum atomic E-state index is 11.6. The highest BCUT2D eigenvalue weighted by Gasteiger charge is 2.01. The monoisotopic (exact) mass is 444 g/mol. The zero-order valence-corrected chi connectivity index (χ0v) is 17.0. The fraction of sp³-hybridized carbons (Fsp3) is 0.867. The van der Waals surface area contributed by atoms with Crippen LogP contribution in [0.3, 0.4) is 0 Å². The molecule has 23 heavy (non-hydrogen) atoms. The van der Waals surface area contributed by atoms with Crippen molar-refractivity contribution in [2.24, 2.45) is 4.99 Å². The van der Waals surface area contributed by atoms with E-state index in [4.69, 9.17) is 9.47 Å². The highest BCUT2D eigenvalue weighted by molar-refractivity contribution is 14.0. The van der Waals surface area contributed by atoms with Crippen LogP contribution in [-0.4, -0.2) is 65.0 Å². The number of amides is 1. The van der Waals surface area contributed by atoms with E-state index >= 15 is 0 Å². The minimum absolute atomic E-state index is 0. The molecule has 0 spiro atoms. The second-order valence-electron chi connectivity index (χ2n) is 4.78. The van der Waals surface area contributed by atoms with Crippen molar-refractivity contribution in [3.63, 3.8) is 0 Å². The standard InChI is InChI=1S/C15H32N4O3.HI/c1-4-6-10-22-11-7-8-18-15(16-5-2)19-13-14(20)17-9-12-21-3;/h4-13H2,1-3H3,(H,17,20)(H2,16,18,19);1H. The van der Waals surface area contributed by atoms with Crippen LogP contribution < -0.4 is 16.0 Å². The molecule has 0 fully saturated rings. The van der Waals surface area contributed by atoms with Crippen LogP contribution in [0.5, 0.6) is 0 Å². The van der Waals surface area contributed by atoms with E-state index in [1.54, 1.807) is 7.11 Å². The zero-order valence-electron chi connectivity index (χ0n) is 14.7. The summed E-state index contributed by atoms with van der Waals surface area (Å²) < 4.78 is 10.4. The molecule has 0 aromatic heterocycles. The van der Waals surface area contributed by atoms with Gasteiger partial charge in [0.05, 0.1) is 6.61 Å². The molecular formula is C15H33IN4O3. The predicted molar refractivity (Wildman–Crippen MR) is 105 cm³/mol. The van der Waals surface area contributed by atoms with E-state index < -0.39 is 0 Å². The third-order valence-corrected chi connectivity index (χ3v) is 2.75. The van der Waals surface area contributed by atoms with Crippen LogP contribution in [0.15, 0.2) is 4.99 Å². The first-order valence-electron chi connectivity index (χ1n) is 8.10. The Hall–Kier alpha value is -0.610.